The van der Waals surface area contributed by atoms with E-state index in [0.717, 1.165) is 18.9 Å². The number of nitrogens with two attached hydrogens (primary N) is 1. The van der Waals surface area contributed by atoms with Crippen LogP contribution in [0.15, 0.2) is 24.3 Å². The Morgan fingerprint density at radius 2 is 2.04 bits per heavy atom. The molecular weight excluding hydrogens is 305 g/mol. The van der Waals surface area contributed by atoms with Crippen LogP contribution in [0.25, 0.3) is 0 Å². The molecule has 2 aliphatic rings. The summed E-state index contributed by atoms with van der Waals surface area (Å²) in [6, 6.07) is 5.58. The number of hydrogen-bond acceptors (Lipinski definition) is 2. The molecule has 4 atom stereocenters. The van der Waals surface area contributed by atoms with E-state index >= 15 is 0 Å². The zero-order chi connectivity index (χ0) is 16.8. The maximum Gasteiger partial charge on any atom is 0.416 e. The normalized spacial score (nSPS) is 31.1. The first-order valence-corrected chi connectivity index (χ1v) is 8.00. The van der Waals surface area contributed by atoms with Gasteiger partial charge in [0.1, 0.15) is 0 Å². The van der Waals surface area contributed by atoms with E-state index in [9.17, 15) is 18.0 Å². The maximum absolute atomic E-state index is 12.8. The number of amides is 1. The van der Waals surface area contributed by atoms with E-state index in [4.69, 9.17) is 5.73 Å². The van der Waals surface area contributed by atoms with Crippen LogP contribution in [-0.4, -0.2) is 29.4 Å². The van der Waals surface area contributed by atoms with E-state index in [-0.39, 0.29) is 29.8 Å². The van der Waals surface area contributed by atoms with Crippen molar-refractivity contribution in [2.75, 3.05) is 6.54 Å². The SMILES string of the molecule is C[C@@H]1C[C@H](N)CCN1C(=O)[C@H]1C[C@H]1c1cccc(C(F)(F)F)c1. The van der Waals surface area contributed by atoms with Crippen LogP contribution in [0, 0.1) is 5.92 Å². The van der Waals surface area contributed by atoms with Gasteiger partial charge >= 0.3 is 6.18 Å². The number of carbonyl (C=O) groups excluding carboxylic acids is 1. The molecule has 1 aliphatic heterocycles. The minimum absolute atomic E-state index is 0.0619. The van der Waals surface area contributed by atoms with Crippen LogP contribution in [0.5, 0.6) is 0 Å². The fourth-order valence-corrected chi connectivity index (χ4v) is 3.53. The molecule has 1 heterocycles. The third kappa shape index (κ3) is 3.37. The zero-order valence-electron chi connectivity index (χ0n) is 13.0. The quantitative estimate of drug-likeness (QED) is 0.907. The Hall–Kier alpha value is -1.56. The average molecular weight is 326 g/mol. The monoisotopic (exact) mass is 326 g/mol. The third-order valence-corrected chi connectivity index (χ3v) is 4.95. The number of rotatable bonds is 2. The van der Waals surface area contributed by atoms with Gasteiger partial charge in [-0.3, -0.25) is 4.79 Å². The molecule has 3 nitrogen and oxygen atoms in total. The van der Waals surface area contributed by atoms with Crippen LogP contribution in [0.2, 0.25) is 0 Å². The third-order valence-electron chi connectivity index (χ3n) is 4.95. The molecule has 1 aromatic rings. The van der Waals surface area contributed by atoms with E-state index in [0.29, 0.717) is 18.5 Å². The lowest BCUT2D eigenvalue weighted by Gasteiger charge is -2.36. The molecule has 0 bridgehead atoms. The average Bonchev–Trinajstić information content (AvgIpc) is 3.26. The first-order chi connectivity index (χ1) is 10.8. The van der Waals surface area contributed by atoms with E-state index in [1.165, 1.54) is 12.1 Å². The van der Waals surface area contributed by atoms with Crippen molar-refractivity contribution >= 4 is 5.91 Å². The van der Waals surface area contributed by atoms with Gasteiger partial charge in [0.15, 0.2) is 0 Å². The lowest BCUT2D eigenvalue weighted by molar-refractivity contribution is -0.137. The van der Waals surface area contributed by atoms with Crippen molar-refractivity contribution in [3.63, 3.8) is 0 Å². The number of carbonyl (C=O) groups is 1. The number of hydrogen-bond donors (Lipinski definition) is 1. The van der Waals surface area contributed by atoms with Crippen molar-refractivity contribution in [3.05, 3.63) is 35.4 Å². The summed E-state index contributed by atoms with van der Waals surface area (Å²) in [5.41, 5.74) is 5.87. The molecule has 2 fully saturated rings. The van der Waals surface area contributed by atoms with Gasteiger partial charge < -0.3 is 10.6 Å². The highest BCUT2D eigenvalue weighted by atomic mass is 19.4. The Morgan fingerprint density at radius 3 is 2.70 bits per heavy atom. The van der Waals surface area contributed by atoms with E-state index in [1.54, 1.807) is 6.07 Å². The number of likely N-dealkylation sites (tertiary alicyclic amines) is 1. The van der Waals surface area contributed by atoms with Crippen molar-refractivity contribution in [2.45, 2.75) is 50.4 Å². The Labute approximate surface area is 133 Å². The molecule has 3 rings (SSSR count). The first kappa shape index (κ1) is 16.3. The van der Waals surface area contributed by atoms with Gasteiger partial charge in [-0.15, -0.1) is 0 Å². The van der Waals surface area contributed by atoms with Crippen LogP contribution in [0.1, 0.15) is 43.2 Å². The second-order valence-corrected chi connectivity index (χ2v) is 6.74. The number of halogens is 3. The van der Waals surface area contributed by atoms with Gasteiger partial charge in [-0.25, -0.2) is 0 Å². The molecule has 1 saturated carbocycles. The van der Waals surface area contributed by atoms with Gasteiger partial charge in [-0.1, -0.05) is 18.2 Å². The molecule has 2 N–H and O–H groups in total. The summed E-state index contributed by atoms with van der Waals surface area (Å²) in [7, 11) is 0. The molecule has 0 spiro atoms. The lowest BCUT2D eigenvalue weighted by Crippen LogP contribution is -2.49. The fraction of sp³-hybridized carbons (Fsp3) is 0.588. The molecule has 23 heavy (non-hydrogen) atoms. The van der Waals surface area contributed by atoms with Crippen molar-refractivity contribution in [1.29, 1.82) is 0 Å². The van der Waals surface area contributed by atoms with Gasteiger partial charge in [-0.2, -0.15) is 13.2 Å². The van der Waals surface area contributed by atoms with Crippen molar-refractivity contribution in [2.24, 2.45) is 11.7 Å². The molecular formula is C17H21F3N2O. The van der Waals surface area contributed by atoms with Crippen LogP contribution in [-0.2, 0) is 11.0 Å². The van der Waals surface area contributed by atoms with Crippen LogP contribution >= 0.6 is 0 Å². The summed E-state index contributed by atoms with van der Waals surface area (Å²) in [4.78, 5) is 14.5. The lowest BCUT2D eigenvalue weighted by atomic mass is 9.98. The maximum atomic E-state index is 12.8. The standard InChI is InChI=1S/C17H21F3N2O/c1-10-7-13(21)5-6-22(10)16(23)15-9-14(15)11-3-2-4-12(8-11)17(18,19)20/h2-4,8,10,13-15H,5-7,9,21H2,1H3/t10-,13-,14+,15+/m1/s1. The number of alkyl halides is 3. The van der Waals surface area contributed by atoms with E-state index in [2.05, 4.69) is 0 Å². The minimum atomic E-state index is -4.35. The molecule has 0 radical (unpaired) electrons. The first-order valence-electron chi connectivity index (χ1n) is 8.00. The summed E-state index contributed by atoms with van der Waals surface area (Å²) in [6.07, 6.45) is -2.14. The number of benzene rings is 1. The number of piperidine rings is 1. The van der Waals surface area contributed by atoms with Crippen molar-refractivity contribution < 1.29 is 18.0 Å². The van der Waals surface area contributed by atoms with Gasteiger partial charge in [0.05, 0.1) is 5.56 Å². The highest BCUT2D eigenvalue weighted by Gasteiger charge is 2.47. The Balaban J connectivity index is 1.69. The smallest absolute Gasteiger partial charge is 0.340 e. The second-order valence-electron chi connectivity index (χ2n) is 6.74. The van der Waals surface area contributed by atoms with Crippen molar-refractivity contribution in [1.82, 2.24) is 4.90 Å². The van der Waals surface area contributed by atoms with Gasteiger partial charge in [-0.05, 0) is 43.7 Å². The van der Waals surface area contributed by atoms with E-state index in [1.807, 2.05) is 11.8 Å². The predicted octanol–water partition coefficient (Wildman–Crippen LogP) is 3.15. The zero-order valence-corrected chi connectivity index (χ0v) is 13.0. The topological polar surface area (TPSA) is 46.3 Å². The molecule has 0 unspecified atom stereocenters. The van der Waals surface area contributed by atoms with Crippen LogP contribution in [0.4, 0.5) is 13.2 Å². The predicted molar refractivity (Wildman–Crippen MR) is 80.7 cm³/mol. The molecule has 1 aromatic carbocycles. The fourth-order valence-electron chi connectivity index (χ4n) is 3.53. The Morgan fingerprint density at radius 1 is 1.30 bits per heavy atom. The second kappa shape index (κ2) is 5.82. The molecule has 0 aromatic heterocycles. The Bertz CT molecular complexity index is 602. The van der Waals surface area contributed by atoms with Gasteiger partial charge in [0.25, 0.3) is 0 Å². The summed E-state index contributed by atoms with van der Waals surface area (Å²) in [6.45, 7) is 2.63. The summed E-state index contributed by atoms with van der Waals surface area (Å²) >= 11 is 0. The van der Waals surface area contributed by atoms with Crippen molar-refractivity contribution in [3.8, 4) is 0 Å². The summed E-state index contributed by atoms with van der Waals surface area (Å²) < 4.78 is 38.4. The number of nitrogens with zero attached hydrogens (tertiary/aromatic N) is 1. The molecule has 6 heteroatoms. The highest BCUT2D eigenvalue weighted by Crippen LogP contribution is 2.49. The van der Waals surface area contributed by atoms with E-state index < -0.39 is 11.7 Å². The Kier molecular flexibility index (Phi) is 4.12. The largest absolute Gasteiger partial charge is 0.416 e. The summed E-state index contributed by atoms with van der Waals surface area (Å²) in [5.74, 6) is -0.213. The minimum Gasteiger partial charge on any atom is -0.340 e. The molecule has 1 saturated heterocycles. The van der Waals surface area contributed by atoms with Gasteiger partial charge in [0.2, 0.25) is 5.91 Å². The molecule has 1 aliphatic carbocycles. The van der Waals surface area contributed by atoms with Gasteiger partial charge in [0, 0.05) is 24.5 Å². The molecule has 1 amide bonds. The van der Waals surface area contributed by atoms with Crippen LogP contribution in [0.3, 0.4) is 0 Å². The highest BCUT2D eigenvalue weighted by molar-refractivity contribution is 5.83. The molecule has 126 valence electrons. The summed E-state index contributed by atoms with van der Waals surface area (Å²) in [5, 5.41) is 0. The van der Waals surface area contributed by atoms with Crippen LogP contribution < -0.4 is 5.73 Å².